The van der Waals surface area contributed by atoms with Gasteiger partial charge < -0.3 is 9.11 Å². The molecule has 0 fully saturated rings. The van der Waals surface area contributed by atoms with Crippen LogP contribution in [-0.4, -0.2) is 37.7 Å². The third-order valence-electron chi connectivity index (χ3n) is 4.80. The molecule has 0 aromatic carbocycles. The average molecular weight is 631 g/mol. The highest BCUT2D eigenvalue weighted by atomic mass is 32.2. The molecule has 0 saturated heterocycles. The molecule has 2 atom stereocenters. The lowest BCUT2D eigenvalue weighted by molar-refractivity contribution is -0.671. The molecule has 0 spiro atoms. The first kappa shape index (κ1) is 40.0. The summed E-state index contributed by atoms with van der Waals surface area (Å²) in [5.74, 6) is 0. The zero-order valence-electron chi connectivity index (χ0n) is 23.0. The van der Waals surface area contributed by atoms with Crippen molar-refractivity contribution >= 4 is 20.0 Å². The van der Waals surface area contributed by atoms with Crippen LogP contribution >= 0.6 is 0 Å². The molecule has 40 heavy (non-hydrogen) atoms. The highest BCUT2D eigenvalue weighted by Gasteiger charge is 2.34. The second kappa shape index (κ2) is 19.0. The fourth-order valence-corrected chi connectivity index (χ4v) is 2.71. The smallest absolute Gasteiger partial charge is 0.466 e. The maximum Gasteiger partial charge on any atom is 0.466 e. The number of aryl methyl sites for hydroxylation is 4. The number of nitrogens with one attached hydrogen (secondary N) is 2. The van der Waals surface area contributed by atoms with Gasteiger partial charge in [-0.05, 0) is 25.7 Å². The third-order valence-corrected chi connectivity index (χ3v) is 6.02. The molecule has 0 aliphatic rings. The van der Waals surface area contributed by atoms with E-state index >= 15 is 0 Å². The number of nitrogens with zero attached hydrogens (tertiary/aromatic N) is 4. The van der Waals surface area contributed by atoms with Crippen LogP contribution in [0.4, 0.5) is 26.3 Å². The van der Waals surface area contributed by atoms with Gasteiger partial charge in [0.2, 0.25) is 12.7 Å². The fourth-order valence-electron chi connectivity index (χ4n) is 2.71. The van der Waals surface area contributed by atoms with Crippen molar-refractivity contribution in [1.29, 1.82) is 9.56 Å². The molecule has 2 aromatic rings. The molecule has 0 radical (unpaired) electrons. The Morgan fingerprint density at radius 2 is 0.950 bits per heavy atom. The molecule has 0 bridgehead atoms. The van der Waals surface area contributed by atoms with Gasteiger partial charge in [-0.25, -0.2) is 18.3 Å². The highest BCUT2D eigenvalue weighted by molar-refractivity contribution is 7.87. The lowest BCUT2D eigenvalue weighted by Gasteiger charge is -2.12. The van der Waals surface area contributed by atoms with Crippen molar-refractivity contribution in [2.24, 2.45) is 14.1 Å². The normalized spacial score (nSPS) is 14.3. The molecular formula is C22H40F6N6O4S2. The van der Waals surface area contributed by atoms with Crippen LogP contribution in [0.3, 0.4) is 0 Å². The number of aromatic nitrogens is 4. The Bertz CT molecular complexity index is 1060. The SMILES string of the molecule is CCCCCCn1cc[n+](C)c1.CCCCCCn1cc[n+](C)c1.N=S(=O)([O-])C(F)(F)F.N=S(=O)([O-])C(F)(F)F. The quantitative estimate of drug-likeness (QED) is 0.212. The number of halogens is 6. The fraction of sp³-hybridized carbons (Fsp3) is 0.727. The van der Waals surface area contributed by atoms with E-state index in [2.05, 4.69) is 83.7 Å². The number of unbranched alkanes of at least 4 members (excludes halogenated alkanes) is 6. The summed E-state index contributed by atoms with van der Waals surface area (Å²) >= 11 is 0. The first-order chi connectivity index (χ1) is 18.2. The summed E-state index contributed by atoms with van der Waals surface area (Å²) < 4.78 is 121. The zero-order chi connectivity index (χ0) is 31.6. The average Bonchev–Trinajstić information content (AvgIpc) is 3.40. The number of hydrogen-bond acceptors (Lipinski definition) is 6. The molecule has 18 heteroatoms. The Morgan fingerprint density at radius 3 is 1.12 bits per heavy atom. The summed E-state index contributed by atoms with van der Waals surface area (Å²) in [4.78, 5) is 0. The predicted molar refractivity (Wildman–Crippen MR) is 135 cm³/mol. The van der Waals surface area contributed by atoms with Crippen molar-refractivity contribution in [3.05, 3.63) is 37.4 Å². The lowest BCUT2D eigenvalue weighted by atomic mass is 10.2. The number of hydrogen-bond donors (Lipinski definition) is 2. The number of imidazole rings is 2. The van der Waals surface area contributed by atoms with E-state index in [-0.39, 0.29) is 0 Å². The van der Waals surface area contributed by atoms with Crippen molar-refractivity contribution in [1.82, 2.24) is 9.13 Å². The van der Waals surface area contributed by atoms with Crippen LogP contribution in [0, 0.1) is 9.56 Å². The molecule has 10 nitrogen and oxygen atoms in total. The zero-order valence-corrected chi connectivity index (χ0v) is 24.7. The van der Waals surface area contributed by atoms with Crippen molar-refractivity contribution in [2.45, 2.75) is 89.3 Å². The maximum absolute atomic E-state index is 10.8. The van der Waals surface area contributed by atoms with Gasteiger partial charge in [0.15, 0.2) is 0 Å². The van der Waals surface area contributed by atoms with E-state index in [9.17, 15) is 43.9 Å². The van der Waals surface area contributed by atoms with E-state index in [0.29, 0.717) is 0 Å². The predicted octanol–water partition coefficient (Wildman–Crippen LogP) is 5.15. The summed E-state index contributed by atoms with van der Waals surface area (Å²) in [6, 6.07) is 0. The molecule has 236 valence electrons. The Hall–Kier alpha value is -2.18. The monoisotopic (exact) mass is 630 g/mol. The van der Waals surface area contributed by atoms with E-state index in [0.717, 1.165) is 0 Å². The van der Waals surface area contributed by atoms with Gasteiger partial charge in [0, 0.05) is 0 Å². The molecule has 2 N–H and O–H groups in total. The van der Waals surface area contributed by atoms with E-state index in [1.807, 2.05) is 0 Å². The first-order valence-electron chi connectivity index (χ1n) is 12.3. The van der Waals surface area contributed by atoms with Crippen LogP contribution in [-0.2, 0) is 47.2 Å². The molecule has 0 aliphatic heterocycles. The van der Waals surface area contributed by atoms with Gasteiger partial charge in [-0.1, -0.05) is 39.5 Å². The van der Waals surface area contributed by atoms with Crippen LogP contribution in [0.5, 0.6) is 0 Å². The topological polar surface area (TPSA) is 146 Å². The minimum Gasteiger partial charge on any atom is -0.758 e. The van der Waals surface area contributed by atoms with Crippen molar-refractivity contribution in [2.75, 3.05) is 0 Å². The van der Waals surface area contributed by atoms with Gasteiger partial charge in [0.05, 0.1) is 47.2 Å². The second-order valence-corrected chi connectivity index (χ2v) is 11.6. The summed E-state index contributed by atoms with van der Waals surface area (Å²) in [5, 5.41) is 0. The Kier molecular flexibility index (Phi) is 19.0. The molecular weight excluding hydrogens is 590 g/mol. The minimum atomic E-state index is -5.59. The summed E-state index contributed by atoms with van der Waals surface area (Å²) in [7, 11) is -7.06. The van der Waals surface area contributed by atoms with E-state index < -0.39 is 31.0 Å². The first-order valence-corrected chi connectivity index (χ1v) is 15.3. The van der Waals surface area contributed by atoms with Crippen molar-refractivity contribution < 1.29 is 53.0 Å². The summed E-state index contributed by atoms with van der Waals surface area (Å²) in [6.45, 7) is 6.83. The van der Waals surface area contributed by atoms with Gasteiger partial charge in [-0.3, -0.25) is 18.0 Å². The standard InChI is InChI=1S/2C10H19N2.2CH2F3NO2S/c2*1-3-4-5-6-7-12-9-8-11(2)10-12;2*2-1(3,4)8(5,6)7/h2*8-10H,3-7H2,1-2H3;2*(H2,5,6,7)/q2*+1;;/p-2. The van der Waals surface area contributed by atoms with Gasteiger partial charge in [-0.2, -0.15) is 26.3 Å². The lowest BCUT2D eigenvalue weighted by Crippen LogP contribution is -2.23. The van der Waals surface area contributed by atoms with Crippen molar-refractivity contribution in [3.8, 4) is 0 Å². The van der Waals surface area contributed by atoms with E-state index in [1.165, 1.54) is 64.5 Å². The molecule has 2 heterocycles. The van der Waals surface area contributed by atoms with Crippen molar-refractivity contribution in [3.63, 3.8) is 0 Å². The summed E-state index contributed by atoms with van der Waals surface area (Å²) in [5.41, 5.74) is -10.8. The minimum absolute atomic E-state index is 1.17. The second-order valence-electron chi connectivity index (χ2n) is 8.65. The largest absolute Gasteiger partial charge is 0.758 e. The summed E-state index contributed by atoms with van der Waals surface area (Å²) in [6.07, 6.45) is 23.4. The van der Waals surface area contributed by atoms with Gasteiger partial charge in [0.1, 0.15) is 24.8 Å². The van der Waals surface area contributed by atoms with E-state index in [1.54, 1.807) is 0 Å². The molecule has 2 unspecified atom stereocenters. The molecule has 0 saturated carbocycles. The molecule has 2 rings (SSSR count). The van der Waals surface area contributed by atoms with Crippen LogP contribution < -0.4 is 9.13 Å². The van der Waals surface area contributed by atoms with Gasteiger partial charge in [-0.15, -0.1) is 0 Å². The van der Waals surface area contributed by atoms with E-state index in [4.69, 9.17) is 9.56 Å². The molecule has 2 aromatic heterocycles. The number of alkyl halides is 6. The van der Waals surface area contributed by atoms with Crippen LogP contribution in [0.15, 0.2) is 37.4 Å². The van der Waals surface area contributed by atoms with Crippen LogP contribution in [0.1, 0.15) is 65.2 Å². The van der Waals surface area contributed by atoms with Crippen LogP contribution in [0.25, 0.3) is 0 Å². The van der Waals surface area contributed by atoms with Gasteiger partial charge in [0.25, 0.3) is 0 Å². The Morgan fingerprint density at radius 1 is 0.675 bits per heavy atom. The molecule has 0 aliphatic carbocycles. The highest BCUT2D eigenvalue weighted by Crippen LogP contribution is 2.21. The number of rotatable bonds is 10. The van der Waals surface area contributed by atoms with Crippen LogP contribution in [0.2, 0.25) is 0 Å². The molecule has 0 amide bonds. The Balaban J connectivity index is 0. The Labute approximate surface area is 232 Å². The third kappa shape index (κ3) is 20.7. The van der Waals surface area contributed by atoms with Gasteiger partial charge >= 0.3 is 11.0 Å². The maximum atomic E-state index is 10.8.